The van der Waals surface area contributed by atoms with Crippen molar-refractivity contribution in [1.29, 1.82) is 0 Å². The second-order valence-electron chi connectivity index (χ2n) is 8.95. The topological polar surface area (TPSA) is 101 Å². The lowest BCUT2D eigenvalue weighted by Crippen LogP contribution is -2.51. The second kappa shape index (κ2) is 13.8. The van der Waals surface area contributed by atoms with Crippen LogP contribution in [0.15, 0.2) is 54.7 Å². The molecular formula is C27H33ClN4O4. The fourth-order valence-corrected chi connectivity index (χ4v) is 4.05. The number of benzene rings is 1. The minimum Gasteiger partial charge on any atom is -0.375 e. The van der Waals surface area contributed by atoms with Crippen LogP contribution in [0.4, 0.5) is 0 Å². The van der Waals surface area contributed by atoms with Gasteiger partial charge in [0.05, 0.1) is 18.8 Å². The van der Waals surface area contributed by atoms with Gasteiger partial charge < -0.3 is 20.3 Å². The lowest BCUT2D eigenvalue weighted by Gasteiger charge is -2.33. The van der Waals surface area contributed by atoms with Crippen LogP contribution in [0.5, 0.6) is 0 Å². The number of hydrogen-bond acceptors (Lipinski definition) is 5. The molecule has 1 atom stereocenters. The maximum absolute atomic E-state index is 13.0. The number of rotatable bonds is 10. The quantitative estimate of drug-likeness (QED) is 0.477. The first-order chi connectivity index (χ1) is 17.3. The van der Waals surface area contributed by atoms with Crippen molar-refractivity contribution < 1.29 is 19.1 Å². The highest BCUT2D eigenvalue weighted by molar-refractivity contribution is 6.30. The molecule has 2 N–H and O–H groups in total. The van der Waals surface area contributed by atoms with Crippen molar-refractivity contribution in [2.24, 2.45) is 0 Å². The number of amides is 3. The summed E-state index contributed by atoms with van der Waals surface area (Å²) in [7, 11) is 0. The van der Waals surface area contributed by atoms with Gasteiger partial charge >= 0.3 is 0 Å². The molecule has 192 valence electrons. The molecule has 0 spiro atoms. The van der Waals surface area contributed by atoms with E-state index in [0.717, 1.165) is 18.4 Å². The first-order valence-electron chi connectivity index (χ1n) is 12.1. The third kappa shape index (κ3) is 9.09. The molecule has 1 aromatic heterocycles. The van der Waals surface area contributed by atoms with Gasteiger partial charge in [-0.2, -0.15) is 0 Å². The van der Waals surface area contributed by atoms with Gasteiger partial charge in [0.1, 0.15) is 6.04 Å². The van der Waals surface area contributed by atoms with Gasteiger partial charge in [-0.05, 0) is 62.6 Å². The summed E-state index contributed by atoms with van der Waals surface area (Å²) < 4.78 is 5.83. The summed E-state index contributed by atoms with van der Waals surface area (Å²) in [4.78, 5) is 44.2. The van der Waals surface area contributed by atoms with Crippen molar-refractivity contribution in [3.63, 3.8) is 0 Å². The van der Waals surface area contributed by atoms with Crippen LogP contribution in [0, 0.1) is 0 Å². The van der Waals surface area contributed by atoms with Crippen molar-refractivity contribution in [3.05, 3.63) is 71.0 Å². The van der Waals surface area contributed by atoms with Crippen LogP contribution >= 0.6 is 11.6 Å². The zero-order valence-electron chi connectivity index (χ0n) is 20.7. The molecule has 2 aromatic rings. The Morgan fingerprint density at radius 1 is 1.14 bits per heavy atom. The fourth-order valence-electron chi connectivity index (χ4n) is 3.93. The highest BCUT2D eigenvalue weighted by Crippen LogP contribution is 2.15. The lowest BCUT2D eigenvalue weighted by atomic mass is 10.1. The SMILES string of the molecule is CC(C)OC1CCN(C(=O)CNC(=O)[C@H](Cc2ccccn2)NC(=O)C=Cc2ccc(Cl)cc2)CC1. The number of hydrogen-bond donors (Lipinski definition) is 2. The predicted molar refractivity (Wildman–Crippen MR) is 139 cm³/mol. The van der Waals surface area contributed by atoms with E-state index in [0.29, 0.717) is 23.8 Å². The molecule has 1 aliphatic heterocycles. The van der Waals surface area contributed by atoms with E-state index in [-0.39, 0.29) is 31.1 Å². The van der Waals surface area contributed by atoms with Gasteiger partial charge in [0, 0.05) is 42.5 Å². The van der Waals surface area contributed by atoms with Crippen molar-refractivity contribution in [1.82, 2.24) is 20.5 Å². The van der Waals surface area contributed by atoms with Crippen LogP contribution in [-0.2, 0) is 25.5 Å². The maximum atomic E-state index is 13.0. The lowest BCUT2D eigenvalue weighted by molar-refractivity contribution is -0.136. The number of nitrogens with zero attached hydrogens (tertiary/aromatic N) is 2. The first kappa shape index (κ1) is 27.4. The minimum absolute atomic E-state index is 0.135. The van der Waals surface area contributed by atoms with E-state index in [4.69, 9.17) is 16.3 Å². The molecule has 2 heterocycles. The van der Waals surface area contributed by atoms with Gasteiger partial charge in [-0.25, -0.2) is 0 Å². The molecule has 9 heteroatoms. The highest BCUT2D eigenvalue weighted by Gasteiger charge is 2.26. The van der Waals surface area contributed by atoms with Crippen molar-refractivity contribution in [3.8, 4) is 0 Å². The monoisotopic (exact) mass is 512 g/mol. The highest BCUT2D eigenvalue weighted by atomic mass is 35.5. The predicted octanol–water partition coefficient (Wildman–Crippen LogP) is 3.01. The number of carbonyl (C=O) groups is 3. The van der Waals surface area contributed by atoms with Crippen molar-refractivity contribution >= 4 is 35.4 Å². The minimum atomic E-state index is -0.889. The van der Waals surface area contributed by atoms with E-state index in [1.54, 1.807) is 53.6 Å². The fraction of sp³-hybridized carbons (Fsp3) is 0.407. The number of nitrogens with one attached hydrogen (secondary N) is 2. The zero-order valence-corrected chi connectivity index (χ0v) is 21.4. The molecular weight excluding hydrogens is 480 g/mol. The number of halogens is 1. The number of ether oxygens (including phenoxy) is 1. The summed E-state index contributed by atoms with van der Waals surface area (Å²) in [5, 5.41) is 6.02. The zero-order chi connectivity index (χ0) is 25.9. The van der Waals surface area contributed by atoms with Crippen molar-refractivity contribution in [2.45, 2.75) is 51.4 Å². The van der Waals surface area contributed by atoms with Crippen LogP contribution in [0.25, 0.3) is 6.08 Å². The molecule has 8 nitrogen and oxygen atoms in total. The van der Waals surface area contributed by atoms with Gasteiger partial charge in [0.2, 0.25) is 17.7 Å². The maximum Gasteiger partial charge on any atom is 0.244 e. The summed E-state index contributed by atoms with van der Waals surface area (Å²) in [5.41, 5.74) is 1.45. The summed E-state index contributed by atoms with van der Waals surface area (Å²) >= 11 is 5.89. The van der Waals surface area contributed by atoms with Crippen molar-refractivity contribution in [2.75, 3.05) is 19.6 Å². The summed E-state index contributed by atoms with van der Waals surface area (Å²) in [5.74, 6) is -1.03. The van der Waals surface area contributed by atoms with Gasteiger partial charge in [-0.3, -0.25) is 19.4 Å². The van der Waals surface area contributed by atoms with E-state index in [1.807, 2.05) is 19.9 Å². The Morgan fingerprint density at radius 3 is 2.50 bits per heavy atom. The number of likely N-dealkylation sites (tertiary alicyclic amines) is 1. The molecule has 1 saturated heterocycles. The Labute approximate surface area is 217 Å². The smallest absolute Gasteiger partial charge is 0.244 e. The molecule has 0 bridgehead atoms. The largest absolute Gasteiger partial charge is 0.375 e. The standard InChI is InChI=1S/C27H33ClN4O4/c1-19(2)36-23-12-15-32(16-13-23)26(34)18-30-27(35)24(17-22-5-3-4-14-29-22)31-25(33)11-8-20-6-9-21(28)10-7-20/h3-11,14,19,23-24H,12-13,15-18H2,1-2H3,(H,30,35)(H,31,33)/t24-/m0/s1. The molecule has 3 amide bonds. The molecule has 0 radical (unpaired) electrons. The summed E-state index contributed by atoms with van der Waals surface area (Å²) in [6.45, 7) is 5.05. The Morgan fingerprint density at radius 2 is 1.86 bits per heavy atom. The van der Waals surface area contributed by atoms with E-state index >= 15 is 0 Å². The van der Waals surface area contributed by atoms with Gasteiger partial charge in [-0.15, -0.1) is 0 Å². The summed E-state index contributed by atoms with van der Waals surface area (Å²) in [6.07, 6.45) is 6.67. The van der Waals surface area contributed by atoms with Crippen LogP contribution in [-0.4, -0.2) is 65.5 Å². The Bertz CT molecular complexity index is 1040. The molecule has 0 unspecified atom stereocenters. The van der Waals surface area contributed by atoms with Crippen LogP contribution < -0.4 is 10.6 Å². The summed E-state index contributed by atoms with van der Waals surface area (Å²) in [6, 6.07) is 11.5. The van der Waals surface area contributed by atoms with Gasteiger partial charge in [-0.1, -0.05) is 29.8 Å². The molecule has 0 saturated carbocycles. The number of carbonyl (C=O) groups excluding carboxylic acids is 3. The number of piperidine rings is 1. The Balaban J connectivity index is 1.56. The Kier molecular flexibility index (Phi) is 10.5. The molecule has 1 aliphatic rings. The van der Waals surface area contributed by atoms with Crippen LogP contribution in [0.1, 0.15) is 37.9 Å². The van der Waals surface area contributed by atoms with Gasteiger partial charge in [0.25, 0.3) is 0 Å². The Hall–Kier alpha value is -3.23. The average Bonchev–Trinajstić information content (AvgIpc) is 2.87. The molecule has 3 rings (SSSR count). The van der Waals surface area contributed by atoms with E-state index in [2.05, 4.69) is 15.6 Å². The third-order valence-electron chi connectivity index (χ3n) is 5.74. The first-order valence-corrected chi connectivity index (χ1v) is 12.5. The molecule has 1 fully saturated rings. The molecule has 36 heavy (non-hydrogen) atoms. The van der Waals surface area contributed by atoms with E-state index in [1.165, 1.54) is 6.08 Å². The molecule has 0 aliphatic carbocycles. The average molecular weight is 513 g/mol. The number of aromatic nitrogens is 1. The normalized spacial score (nSPS) is 15.2. The number of pyridine rings is 1. The van der Waals surface area contributed by atoms with Crippen LogP contribution in [0.2, 0.25) is 5.02 Å². The van der Waals surface area contributed by atoms with E-state index in [9.17, 15) is 14.4 Å². The third-order valence-corrected chi connectivity index (χ3v) is 5.99. The molecule has 1 aromatic carbocycles. The van der Waals surface area contributed by atoms with E-state index < -0.39 is 17.9 Å². The van der Waals surface area contributed by atoms with Crippen LogP contribution in [0.3, 0.4) is 0 Å². The second-order valence-corrected chi connectivity index (χ2v) is 9.39. The van der Waals surface area contributed by atoms with Gasteiger partial charge in [0.15, 0.2) is 0 Å².